The molecule has 1 aliphatic carbocycles. The highest BCUT2D eigenvalue weighted by Crippen LogP contribution is 2.41. The van der Waals surface area contributed by atoms with E-state index in [1.54, 1.807) is 0 Å². The number of anilines is 1. The smallest absolute Gasteiger partial charge is 0.344 e. The topological polar surface area (TPSA) is 127 Å². The molecule has 10 nitrogen and oxygen atoms in total. The number of rotatable bonds is 7. The van der Waals surface area contributed by atoms with Crippen LogP contribution in [0.5, 0.6) is 0 Å². The Bertz CT molecular complexity index is 1730. The van der Waals surface area contributed by atoms with Crippen LogP contribution in [0.2, 0.25) is 5.02 Å². The number of H-pyrrole nitrogens is 1. The number of epoxide rings is 1. The van der Waals surface area contributed by atoms with Crippen molar-refractivity contribution < 1.29 is 9.26 Å². The molecule has 1 aliphatic heterocycles. The zero-order valence-electron chi connectivity index (χ0n) is 21.9. The fourth-order valence-corrected chi connectivity index (χ4v) is 5.81. The molecule has 2 aromatic carbocycles. The second-order valence-electron chi connectivity index (χ2n) is 10.8. The number of benzene rings is 2. The number of hydrogen-bond donors (Lipinski definition) is 2. The standard InChI is InChI=1S/C29H28ClN7O3/c1-17-10-12-18(13-11-17)15-37-23-22(19-6-5-9-21(30)14-19)31-25(26-34-28(38)40-36-26)32-24(23)33-27(37)35-29(16-39-29)20-7-3-2-4-8-20/h2-9,14,17-18H,10-13,15-16H2,1H3,(H,34,36,38)(H,31,32,33,35)/t17?,18?,29-/m0/s1. The third-order valence-electron chi connectivity index (χ3n) is 7.92. The van der Waals surface area contributed by atoms with Gasteiger partial charge in [-0.05, 0) is 36.8 Å². The molecule has 0 bridgehead atoms. The third kappa shape index (κ3) is 4.67. The molecule has 0 spiro atoms. The molecule has 1 atom stereocenters. The summed E-state index contributed by atoms with van der Waals surface area (Å²) in [6.45, 7) is 3.61. The summed E-state index contributed by atoms with van der Waals surface area (Å²) in [5, 5.41) is 8.00. The van der Waals surface area contributed by atoms with E-state index in [0.717, 1.165) is 41.9 Å². The molecule has 7 rings (SSSR count). The Morgan fingerprint density at radius 2 is 1.88 bits per heavy atom. The minimum absolute atomic E-state index is 0.131. The van der Waals surface area contributed by atoms with E-state index in [0.29, 0.717) is 34.8 Å². The predicted molar refractivity (Wildman–Crippen MR) is 151 cm³/mol. The lowest BCUT2D eigenvalue weighted by Crippen LogP contribution is -2.25. The average molecular weight is 558 g/mol. The van der Waals surface area contributed by atoms with Gasteiger partial charge in [0.1, 0.15) is 17.8 Å². The molecular weight excluding hydrogens is 530 g/mol. The Balaban J connectivity index is 1.42. The highest BCUT2D eigenvalue weighted by Gasteiger charge is 2.48. The van der Waals surface area contributed by atoms with Gasteiger partial charge in [0.25, 0.3) is 0 Å². The summed E-state index contributed by atoms with van der Waals surface area (Å²) in [6, 6.07) is 17.6. The van der Waals surface area contributed by atoms with Crippen LogP contribution in [0.4, 0.5) is 5.95 Å². The van der Waals surface area contributed by atoms with E-state index in [1.807, 2.05) is 54.6 Å². The lowest BCUT2D eigenvalue weighted by molar-refractivity contribution is 0.266. The van der Waals surface area contributed by atoms with Gasteiger partial charge in [-0.3, -0.25) is 9.51 Å². The van der Waals surface area contributed by atoms with E-state index in [9.17, 15) is 4.79 Å². The number of nitrogens with one attached hydrogen (secondary N) is 2. The fraction of sp³-hybridized carbons (Fsp3) is 0.345. The zero-order valence-corrected chi connectivity index (χ0v) is 22.7. The van der Waals surface area contributed by atoms with Crippen molar-refractivity contribution in [2.45, 2.75) is 44.9 Å². The lowest BCUT2D eigenvalue weighted by atomic mass is 9.83. The zero-order chi connectivity index (χ0) is 27.3. The van der Waals surface area contributed by atoms with Gasteiger partial charge in [0.05, 0.1) is 0 Å². The summed E-state index contributed by atoms with van der Waals surface area (Å²) in [4.78, 5) is 28.9. The first-order valence-electron chi connectivity index (χ1n) is 13.6. The maximum Gasteiger partial charge on any atom is 0.439 e. The third-order valence-corrected chi connectivity index (χ3v) is 8.15. The molecule has 0 unspecified atom stereocenters. The molecule has 0 radical (unpaired) electrons. The minimum atomic E-state index is -0.682. The molecule has 4 heterocycles. The van der Waals surface area contributed by atoms with Crippen LogP contribution in [0.15, 0.2) is 63.9 Å². The Morgan fingerprint density at radius 3 is 2.58 bits per heavy atom. The van der Waals surface area contributed by atoms with Gasteiger partial charge in [0.2, 0.25) is 17.6 Å². The number of halogens is 1. The van der Waals surface area contributed by atoms with Crippen molar-refractivity contribution in [2.24, 2.45) is 11.8 Å². The normalized spacial score (nSPS) is 22.4. The number of aromatic nitrogens is 6. The Morgan fingerprint density at radius 1 is 1.07 bits per heavy atom. The van der Waals surface area contributed by atoms with E-state index in [4.69, 9.17) is 35.8 Å². The van der Waals surface area contributed by atoms with Crippen molar-refractivity contribution in [3.8, 4) is 22.9 Å². The fourth-order valence-electron chi connectivity index (χ4n) is 5.62. The van der Waals surface area contributed by atoms with Crippen molar-refractivity contribution in [1.82, 2.24) is 29.7 Å². The SMILES string of the molecule is CC1CCC(Cn2c(N[C@@]3(c4ccccc4)CO3)nc3nc(-c4noc(=O)[nH]4)nc(-c4cccc(Cl)c4)c32)CC1. The molecule has 1 saturated heterocycles. The van der Waals surface area contributed by atoms with Crippen molar-refractivity contribution in [3.05, 3.63) is 75.7 Å². The van der Waals surface area contributed by atoms with E-state index in [2.05, 4.69) is 26.9 Å². The number of aromatic amines is 1. The first kappa shape index (κ1) is 25.0. The minimum Gasteiger partial charge on any atom is -0.344 e. The first-order chi connectivity index (χ1) is 19.5. The molecule has 2 fully saturated rings. The molecule has 3 aromatic heterocycles. The second-order valence-corrected chi connectivity index (χ2v) is 11.2. The van der Waals surface area contributed by atoms with Crippen molar-refractivity contribution in [1.29, 1.82) is 0 Å². The summed E-state index contributed by atoms with van der Waals surface area (Å²) in [5.41, 5.74) is 3.06. The largest absolute Gasteiger partial charge is 0.439 e. The van der Waals surface area contributed by atoms with Crippen LogP contribution in [0.25, 0.3) is 34.1 Å². The molecule has 1 saturated carbocycles. The van der Waals surface area contributed by atoms with Gasteiger partial charge < -0.3 is 14.6 Å². The first-order valence-corrected chi connectivity index (χ1v) is 13.9. The highest BCUT2D eigenvalue weighted by atomic mass is 35.5. The monoisotopic (exact) mass is 557 g/mol. The van der Waals surface area contributed by atoms with E-state index >= 15 is 0 Å². The van der Waals surface area contributed by atoms with Crippen LogP contribution in [0, 0.1) is 11.8 Å². The number of ether oxygens (including phenoxy) is 1. The van der Waals surface area contributed by atoms with Gasteiger partial charge in [0.15, 0.2) is 11.4 Å². The van der Waals surface area contributed by atoms with Gasteiger partial charge in [-0.2, -0.15) is 4.98 Å². The predicted octanol–water partition coefficient (Wildman–Crippen LogP) is 5.61. The molecule has 11 heteroatoms. The lowest BCUT2D eigenvalue weighted by Gasteiger charge is -2.27. The molecule has 2 N–H and O–H groups in total. The Kier molecular flexibility index (Phi) is 6.16. The van der Waals surface area contributed by atoms with Gasteiger partial charge in [-0.25, -0.2) is 14.8 Å². The summed E-state index contributed by atoms with van der Waals surface area (Å²) in [6.07, 6.45) is 4.70. The molecular formula is C29H28ClN7O3. The van der Waals surface area contributed by atoms with Gasteiger partial charge in [-0.1, -0.05) is 79.0 Å². The van der Waals surface area contributed by atoms with E-state index in [1.165, 1.54) is 12.8 Å². The van der Waals surface area contributed by atoms with Crippen molar-refractivity contribution >= 4 is 28.7 Å². The number of imidazole rings is 1. The van der Waals surface area contributed by atoms with Crippen LogP contribution >= 0.6 is 11.6 Å². The second kappa shape index (κ2) is 9.87. The Labute approximate surface area is 234 Å². The van der Waals surface area contributed by atoms with Crippen LogP contribution in [0.1, 0.15) is 38.2 Å². The summed E-state index contributed by atoms with van der Waals surface area (Å²) in [7, 11) is 0. The number of hydrogen-bond acceptors (Lipinski definition) is 8. The van der Waals surface area contributed by atoms with Gasteiger partial charge in [-0.15, -0.1) is 0 Å². The maximum atomic E-state index is 11.7. The molecule has 204 valence electrons. The van der Waals surface area contributed by atoms with Crippen LogP contribution in [0.3, 0.4) is 0 Å². The quantitative estimate of drug-likeness (QED) is 0.247. The van der Waals surface area contributed by atoms with Gasteiger partial charge in [0, 0.05) is 22.7 Å². The molecule has 5 aromatic rings. The highest BCUT2D eigenvalue weighted by molar-refractivity contribution is 6.30. The molecule has 2 aliphatic rings. The van der Waals surface area contributed by atoms with Crippen LogP contribution in [-0.2, 0) is 17.0 Å². The molecule has 0 amide bonds. The number of fused-ring (bicyclic) bond motifs is 1. The van der Waals surface area contributed by atoms with Crippen molar-refractivity contribution in [2.75, 3.05) is 11.9 Å². The van der Waals surface area contributed by atoms with Gasteiger partial charge >= 0.3 is 5.76 Å². The summed E-state index contributed by atoms with van der Waals surface area (Å²) < 4.78 is 12.9. The summed E-state index contributed by atoms with van der Waals surface area (Å²) >= 11 is 6.41. The number of nitrogens with zero attached hydrogens (tertiary/aromatic N) is 5. The van der Waals surface area contributed by atoms with E-state index < -0.39 is 11.5 Å². The molecule has 40 heavy (non-hydrogen) atoms. The van der Waals surface area contributed by atoms with Crippen molar-refractivity contribution in [3.63, 3.8) is 0 Å². The maximum absolute atomic E-state index is 11.7. The van der Waals surface area contributed by atoms with E-state index in [-0.39, 0.29) is 11.6 Å². The summed E-state index contributed by atoms with van der Waals surface area (Å²) in [5.74, 6) is 1.53. The Hall–Kier alpha value is -4.02. The van der Waals surface area contributed by atoms with Crippen LogP contribution < -0.4 is 11.1 Å². The average Bonchev–Trinajstić information content (AvgIpc) is 3.49. The van der Waals surface area contributed by atoms with Crippen LogP contribution in [-0.4, -0.2) is 36.3 Å².